The minimum atomic E-state index is -0.311. The van der Waals surface area contributed by atoms with E-state index in [-0.39, 0.29) is 5.97 Å². The second kappa shape index (κ2) is 6.79. The Hall–Kier alpha value is -2.49. The molecule has 0 aliphatic carbocycles. The molecule has 0 saturated carbocycles. The molecule has 0 bridgehead atoms. The lowest BCUT2D eigenvalue weighted by atomic mass is 10.1. The van der Waals surface area contributed by atoms with Crippen LogP contribution in [0.1, 0.15) is 15.9 Å². The second-order valence-electron chi connectivity index (χ2n) is 4.98. The van der Waals surface area contributed by atoms with Gasteiger partial charge in [-0.25, -0.2) is 4.79 Å². The van der Waals surface area contributed by atoms with E-state index < -0.39 is 0 Å². The third kappa shape index (κ3) is 3.99. The molecule has 1 N–H and O–H groups in total. The van der Waals surface area contributed by atoms with Crippen LogP contribution in [0.4, 0.5) is 11.4 Å². The number of nitrogens with one attached hydrogen (secondary N) is 1. The molecule has 0 heterocycles. The molecule has 0 saturated heterocycles. The number of carbonyl (C=O) groups excluding carboxylic acids is 1. The predicted octanol–water partition coefficient (Wildman–Crippen LogP) is 3.15. The Labute approximate surface area is 125 Å². The van der Waals surface area contributed by atoms with Crippen molar-refractivity contribution in [1.82, 2.24) is 0 Å². The van der Waals surface area contributed by atoms with Crippen LogP contribution in [0, 0.1) is 0 Å². The summed E-state index contributed by atoms with van der Waals surface area (Å²) in [5, 5.41) is 3.36. The first-order valence-corrected chi connectivity index (χ1v) is 6.78. The van der Waals surface area contributed by atoms with Gasteiger partial charge in [-0.1, -0.05) is 12.1 Å². The molecule has 0 spiro atoms. The number of nitrogens with zero attached hydrogens (tertiary/aromatic N) is 1. The summed E-state index contributed by atoms with van der Waals surface area (Å²) in [6, 6.07) is 15.7. The Balaban J connectivity index is 1.95. The molecule has 2 rings (SSSR count). The first kappa shape index (κ1) is 14.9. The minimum absolute atomic E-state index is 0.311. The number of anilines is 2. The van der Waals surface area contributed by atoms with E-state index in [4.69, 9.17) is 0 Å². The van der Waals surface area contributed by atoms with Gasteiger partial charge in [-0.3, -0.25) is 0 Å². The van der Waals surface area contributed by atoms with Gasteiger partial charge in [0.2, 0.25) is 0 Å². The van der Waals surface area contributed by atoms with E-state index in [1.54, 1.807) is 12.1 Å². The molecule has 110 valence electrons. The van der Waals surface area contributed by atoms with Gasteiger partial charge in [-0.2, -0.15) is 0 Å². The standard InChI is InChI=1S/C17H20N2O2/c1-19(2)16-10-8-15(9-11-16)18-12-13-4-6-14(7-5-13)17(20)21-3/h4-11,18H,12H2,1-3H3. The fourth-order valence-electron chi connectivity index (χ4n) is 1.96. The lowest BCUT2D eigenvalue weighted by Gasteiger charge is -2.13. The number of hydrogen-bond donors (Lipinski definition) is 1. The summed E-state index contributed by atoms with van der Waals surface area (Å²) in [5.41, 5.74) is 3.91. The monoisotopic (exact) mass is 284 g/mol. The normalized spacial score (nSPS) is 10.0. The fraction of sp³-hybridized carbons (Fsp3) is 0.235. The Kier molecular flexibility index (Phi) is 4.82. The Morgan fingerprint density at radius 3 is 2.19 bits per heavy atom. The maximum absolute atomic E-state index is 11.3. The molecule has 0 aromatic heterocycles. The zero-order chi connectivity index (χ0) is 15.2. The quantitative estimate of drug-likeness (QED) is 0.856. The van der Waals surface area contributed by atoms with E-state index >= 15 is 0 Å². The Morgan fingerprint density at radius 2 is 1.67 bits per heavy atom. The molecular formula is C17H20N2O2. The summed E-state index contributed by atoms with van der Waals surface area (Å²) in [6.07, 6.45) is 0. The number of esters is 1. The highest BCUT2D eigenvalue weighted by atomic mass is 16.5. The third-order valence-electron chi connectivity index (χ3n) is 3.26. The van der Waals surface area contributed by atoms with E-state index in [9.17, 15) is 4.79 Å². The van der Waals surface area contributed by atoms with Gasteiger partial charge in [0.1, 0.15) is 0 Å². The number of benzene rings is 2. The molecule has 0 radical (unpaired) electrons. The molecule has 0 aliphatic heterocycles. The van der Waals surface area contributed by atoms with Crippen LogP contribution in [0.15, 0.2) is 48.5 Å². The highest BCUT2D eigenvalue weighted by Crippen LogP contribution is 2.16. The van der Waals surface area contributed by atoms with Crippen molar-refractivity contribution < 1.29 is 9.53 Å². The van der Waals surface area contributed by atoms with E-state index in [1.165, 1.54) is 12.8 Å². The second-order valence-corrected chi connectivity index (χ2v) is 4.98. The van der Waals surface area contributed by atoms with E-state index in [0.717, 1.165) is 11.3 Å². The molecule has 2 aromatic rings. The number of carbonyl (C=O) groups is 1. The van der Waals surface area contributed by atoms with Crippen molar-refractivity contribution in [3.8, 4) is 0 Å². The number of methoxy groups -OCH3 is 1. The molecule has 4 nitrogen and oxygen atoms in total. The lowest BCUT2D eigenvalue weighted by Crippen LogP contribution is -2.08. The van der Waals surface area contributed by atoms with E-state index in [0.29, 0.717) is 12.1 Å². The van der Waals surface area contributed by atoms with Gasteiger partial charge in [0.25, 0.3) is 0 Å². The van der Waals surface area contributed by atoms with Gasteiger partial charge in [0.05, 0.1) is 12.7 Å². The van der Waals surface area contributed by atoms with Crippen LogP contribution in [0.5, 0.6) is 0 Å². The SMILES string of the molecule is COC(=O)c1ccc(CNc2ccc(N(C)C)cc2)cc1. The molecule has 0 aliphatic rings. The fourth-order valence-corrected chi connectivity index (χ4v) is 1.96. The van der Waals surface area contributed by atoms with Crippen LogP contribution in [0.2, 0.25) is 0 Å². The minimum Gasteiger partial charge on any atom is -0.465 e. The zero-order valence-electron chi connectivity index (χ0n) is 12.6. The van der Waals surface area contributed by atoms with Crippen molar-refractivity contribution in [2.75, 3.05) is 31.4 Å². The molecule has 0 atom stereocenters. The molecule has 0 fully saturated rings. The largest absolute Gasteiger partial charge is 0.465 e. The van der Waals surface area contributed by atoms with E-state index in [2.05, 4.69) is 39.2 Å². The Morgan fingerprint density at radius 1 is 1.05 bits per heavy atom. The molecule has 21 heavy (non-hydrogen) atoms. The van der Waals surface area contributed by atoms with Crippen LogP contribution in [-0.4, -0.2) is 27.2 Å². The van der Waals surface area contributed by atoms with Crippen molar-refractivity contribution in [1.29, 1.82) is 0 Å². The van der Waals surface area contributed by atoms with Crippen LogP contribution >= 0.6 is 0 Å². The molecule has 4 heteroatoms. The number of ether oxygens (including phenoxy) is 1. The summed E-state index contributed by atoms with van der Waals surface area (Å²) in [6.45, 7) is 0.711. The molecule has 0 amide bonds. The predicted molar refractivity (Wildman–Crippen MR) is 85.9 cm³/mol. The smallest absolute Gasteiger partial charge is 0.337 e. The topological polar surface area (TPSA) is 41.6 Å². The highest BCUT2D eigenvalue weighted by molar-refractivity contribution is 5.89. The Bertz CT molecular complexity index is 589. The summed E-state index contributed by atoms with van der Waals surface area (Å²) < 4.78 is 4.68. The molecule has 2 aromatic carbocycles. The van der Waals surface area contributed by atoms with Gasteiger partial charge in [-0.05, 0) is 42.0 Å². The van der Waals surface area contributed by atoms with Crippen molar-refractivity contribution in [2.45, 2.75) is 6.54 Å². The average molecular weight is 284 g/mol. The van der Waals surface area contributed by atoms with Crippen molar-refractivity contribution >= 4 is 17.3 Å². The maximum Gasteiger partial charge on any atom is 0.337 e. The van der Waals surface area contributed by atoms with Crippen molar-refractivity contribution in [3.05, 3.63) is 59.7 Å². The van der Waals surface area contributed by atoms with Crippen molar-refractivity contribution in [3.63, 3.8) is 0 Å². The van der Waals surface area contributed by atoms with Gasteiger partial charge in [0.15, 0.2) is 0 Å². The van der Waals surface area contributed by atoms with Crippen molar-refractivity contribution in [2.24, 2.45) is 0 Å². The summed E-state index contributed by atoms with van der Waals surface area (Å²) >= 11 is 0. The summed E-state index contributed by atoms with van der Waals surface area (Å²) in [7, 11) is 5.42. The summed E-state index contributed by atoms with van der Waals surface area (Å²) in [5.74, 6) is -0.311. The van der Waals surface area contributed by atoms with E-state index in [1.807, 2.05) is 26.2 Å². The highest BCUT2D eigenvalue weighted by Gasteiger charge is 2.04. The van der Waals surface area contributed by atoms with Crippen LogP contribution < -0.4 is 10.2 Å². The van der Waals surface area contributed by atoms with Gasteiger partial charge in [-0.15, -0.1) is 0 Å². The van der Waals surface area contributed by atoms with Gasteiger partial charge >= 0.3 is 5.97 Å². The lowest BCUT2D eigenvalue weighted by molar-refractivity contribution is 0.0600. The number of rotatable bonds is 5. The first-order chi connectivity index (χ1) is 10.1. The van der Waals surface area contributed by atoms with Crippen LogP contribution in [-0.2, 0) is 11.3 Å². The van der Waals surface area contributed by atoms with Crippen LogP contribution in [0.3, 0.4) is 0 Å². The van der Waals surface area contributed by atoms with Gasteiger partial charge < -0.3 is 15.0 Å². The molecule has 0 unspecified atom stereocenters. The average Bonchev–Trinajstić information content (AvgIpc) is 2.53. The maximum atomic E-state index is 11.3. The summed E-state index contributed by atoms with van der Waals surface area (Å²) in [4.78, 5) is 13.4. The zero-order valence-corrected chi connectivity index (χ0v) is 12.6. The molecular weight excluding hydrogens is 264 g/mol. The number of hydrogen-bond acceptors (Lipinski definition) is 4. The third-order valence-corrected chi connectivity index (χ3v) is 3.26. The van der Waals surface area contributed by atoms with Gasteiger partial charge in [0, 0.05) is 32.0 Å². The first-order valence-electron chi connectivity index (χ1n) is 6.78. The van der Waals surface area contributed by atoms with Crippen LogP contribution in [0.25, 0.3) is 0 Å².